The number of carbonyl (C=O) groups excluding carboxylic acids is 2. The summed E-state index contributed by atoms with van der Waals surface area (Å²) >= 11 is 0. The van der Waals surface area contributed by atoms with E-state index in [1.807, 2.05) is 0 Å². The lowest BCUT2D eigenvalue weighted by molar-refractivity contribution is -0.153. The number of hydrogen-bond acceptors (Lipinski definition) is 4. The van der Waals surface area contributed by atoms with Gasteiger partial charge < -0.3 is 9.47 Å². The van der Waals surface area contributed by atoms with Gasteiger partial charge in [-0.2, -0.15) is 0 Å². The van der Waals surface area contributed by atoms with Crippen LogP contribution in [-0.4, -0.2) is 25.2 Å². The number of carbonyl (C=O) groups is 2. The minimum Gasteiger partial charge on any atom is -0.466 e. The first kappa shape index (κ1) is 17.0. The molecule has 2 rings (SSSR count). The lowest BCUT2D eigenvalue weighted by Crippen LogP contribution is -2.38. The van der Waals surface area contributed by atoms with Crippen LogP contribution < -0.4 is 0 Å². The van der Waals surface area contributed by atoms with Crippen LogP contribution in [0.4, 0.5) is 0 Å². The van der Waals surface area contributed by atoms with Gasteiger partial charge in [0.05, 0.1) is 7.11 Å². The van der Waals surface area contributed by atoms with Crippen LogP contribution in [0.3, 0.4) is 0 Å². The van der Waals surface area contributed by atoms with Gasteiger partial charge in [-0.1, -0.05) is 20.4 Å². The van der Waals surface area contributed by atoms with E-state index in [0.717, 1.165) is 32.1 Å². The van der Waals surface area contributed by atoms with E-state index in [2.05, 4.69) is 20.4 Å². The summed E-state index contributed by atoms with van der Waals surface area (Å²) in [6, 6.07) is 0. The van der Waals surface area contributed by atoms with Crippen molar-refractivity contribution in [3.8, 4) is 0 Å². The molecule has 2 saturated carbocycles. The van der Waals surface area contributed by atoms with Crippen LogP contribution in [0.2, 0.25) is 0 Å². The Morgan fingerprint density at radius 2 is 1.86 bits per heavy atom. The van der Waals surface area contributed by atoms with Crippen molar-refractivity contribution in [1.82, 2.24) is 0 Å². The number of esters is 2. The summed E-state index contributed by atoms with van der Waals surface area (Å²) in [6.45, 7) is 9.94. The Hall–Kier alpha value is -1.32. The predicted octanol–water partition coefficient (Wildman–Crippen LogP) is 3.50. The molecule has 0 radical (unpaired) electrons. The molecule has 2 fully saturated rings. The molecule has 0 heterocycles. The monoisotopic (exact) mass is 308 g/mol. The quantitative estimate of drug-likeness (QED) is 0.591. The van der Waals surface area contributed by atoms with Crippen LogP contribution >= 0.6 is 0 Å². The molecule has 0 bridgehead atoms. The summed E-state index contributed by atoms with van der Waals surface area (Å²) in [4.78, 5) is 23.3. The van der Waals surface area contributed by atoms with E-state index in [1.54, 1.807) is 0 Å². The van der Waals surface area contributed by atoms with Crippen molar-refractivity contribution in [3.63, 3.8) is 0 Å². The molecule has 0 aromatic rings. The van der Waals surface area contributed by atoms with E-state index in [9.17, 15) is 9.59 Å². The second kappa shape index (κ2) is 6.43. The van der Waals surface area contributed by atoms with Crippen molar-refractivity contribution in [1.29, 1.82) is 0 Å². The number of hydrogen-bond donors (Lipinski definition) is 0. The molecule has 2 aliphatic rings. The molecule has 0 aliphatic heterocycles. The molecule has 0 aromatic heterocycles. The van der Waals surface area contributed by atoms with Crippen LogP contribution in [0.15, 0.2) is 12.2 Å². The third-order valence-electron chi connectivity index (χ3n) is 5.91. The molecule has 0 saturated heterocycles. The topological polar surface area (TPSA) is 52.6 Å². The maximum absolute atomic E-state index is 11.9. The first-order valence-corrected chi connectivity index (χ1v) is 8.24. The highest BCUT2D eigenvalue weighted by molar-refractivity contribution is 5.88. The van der Waals surface area contributed by atoms with Crippen molar-refractivity contribution < 1.29 is 19.1 Å². The van der Waals surface area contributed by atoms with Gasteiger partial charge >= 0.3 is 11.9 Å². The number of fused-ring (bicyclic) bond motifs is 1. The first-order valence-electron chi connectivity index (χ1n) is 8.24. The second-order valence-electron chi connectivity index (χ2n) is 7.26. The highest BCUT2D eigenvalue weighted by atomic mass is 16.5. The van der Waals surface area contributed by atoms with Crippen molar-refractivity contribution in [3.05, 3.63) is 12.2 Å². The van der Waals surface area contributed by atoms with Crippen molar-refractivity contribution >= 4 is 11.9 Å². The molecule has 0 unspecified atom stereocenters. The highest BCUT2D eigenvalue weighted by Crippen LogP contribution is 2.56. The van der Waals surface area contributed by atoms with E-state index < -0.39 is 0 Å². The van der Waals surface area contributed by atoms with Gasteiger partial charge in [-0.05, 0) is 49.9 Å². The number of ether oxygens (including phenoxy) is 2. The van der Waals surface area contributed by atoms with Crippen LogP contribution in [0.5, 0.6) is 0 Å². The maximum atomic E-state index is 11.9. The minimum atomic E-state index is -0.318. The van der Waals surface area contributed by atoms with E-state index >= 15 is 0 Å². The van der Waals surface area contributed by atoms with E-state index in [0.29, 0.717) is 17.4 Å². The molecule has 0 spiro atoms. The summed E-state index contributed by atoms with van der Waals surface area (Å²) < 4.78 is 10.5. The lowest BCUT2D eigenvalue weighted by Gasteiger charge is -2.38. The summed E-state index contributed by atoms with van der Waals surface area (Å²) in [6.07, 6.45) is 4.83. The smallest absolute Gasteiger partial charge is 0.333 e. The molecule has 0 aromatic carbocycles. The predicted molar refractivity (Wildman–Crippen MR) is 84.0 cm³/mol. The van der Waals surface area contributed by atoms with Gasteiger partial charge in [0.25, 0.3) is 0 Å². The van der Waals surface area contributed by atoms with Crippen LogP contribution in [0, 0.1) is 23.2 Å². The fourth-order valence-corrected chi connectivity index (χ4v) is 4.73. The van der Waals surface area contributed by atoms with Gasteiger partial charge in [0, 0.05) is 17.9 Å². The van der Waals surface area contributed by atoms with Crippen molar-refractivity contribution in [2.75, 3.05) is 7.11 Å². The Labute approximate surface area is 133 Å². The lowest BCUT2D eigenvalue weighted by atomic mass is 9.69. The van der Waals surface area contributed by atoms with Crippen LogP contribution in [0.25, 0.3) is 0 Å². The Balaban J connectivity index is 2.25. The van der Waals surface area contributed by atoms with Crippen molar-refractivity contribution in [2.45, 2.75) is 59.0 Å². The normalized spacial score (nSPS) is 37.8. The summed E-state index contributed by atoms with van der Waals surface area (Å²) in [7, 11) is 1.40. The molecule has 4 nitrogen and oxygen atoms in total. The second-order valence-corrected chi connectivity index (χ2v) is 7.26. The Morgan fingerprint density at radius 3 is 2.45 bits per heavy atom. The number of methoxy groups -OCH3 is 1. The first-order chi connectivity index (χ1) is 10.3. The largest absolute Gasteiger partial charge is 0.466 e. The molecule has 2 aliphatic carbocycles. The molecular formula is C18H28O4. The molecule has 22 heavy (non-hydrogen) atoms. The van der Waals surface area contributed by atoms with Crippen molar-refractivity contribution in [2.24, 2.45) is 23.2 Å². The highest BCUT2D eigenvalue weighted by Gasteiger charge is 2.52. The average molecular weight is 308 g/mol. The Kier molecular flexibility index (Phi) is 4.98. The van der Waals surface area contributed by atoms with E-state index in [-0.39, 0.29) is 29.4 Å². The minimum absolute atomic E-state index is 0.0523. The Bertz CT molecular complexity index is 470. The van der Waals surface area contributed by atoms with Crippen LogP contribution in [0.1, 0.15) is 52.9 Å². The summed E-state index contributed by atoms with van der Waals surface area (Å²) in [5, 5.41) is 0. The molecule has 0 amide bonds. The zero-order valence-corrected chi connectivity index (χ0v) is 14.2. The van der Waals surface area contributed by atoms with Gasteiger partial charge in [-0.15, -0.1) is 0 Å². The van der Waals surface area contributed by atoms with Gasteiger partial charge in [0.1, 0.15) is 6.10 Å². The van der Waals surface area contributed by atoms with E-state index in [4.69, 9.17) is 9.47 Å². The standard InChI is InChI=1S/C18H28O4/c1-11-6-7-14(12(2)17(20)21-5)10-18(4)15(11)8-9-16(18)22-13(3)19/h11,14-16H,2,6-10H2,1,3-5H3/t11-,14+,15-,16-,18-/m0/s1. The van der Waals surface area contributed by atoms with Crippen LogP contribution in [-0.2, 0) is 19.1 Å². The fourth-order valence-electron chi connectivity index (χ4n) is 4.73. The Morgan fingerprint density at radius 1 is 1.18 bits per heavy atom. The summed E-state index contributed by atoms with van der Waals surface area (Å²) in [5.74, 6) is 0.684. The third kappa shape index (κ3) is 3.06. The SMILES string of the molecule is C=C(C(=O)OC)[C@@H]1CC[C@H](C)[C@@H]2CC[C@H](OC(C)=O)[C@@]2(C)C1. The molecule has 0 N–H and O–H groups in total. The van der Waals surface area contributed by atoms with Gasteiger partial charge in [0.15, 0.2) is 0 Å². The zero-order chi connectivity index (χ0) is 16.5. The number of rotatable bonds is 3. The zero-order valence-electron chi connectivity index (χ0n) is 14.2. The molecular weight excluding hydrogens is 280 g/mol. The maximum Gasteiger partial charge on any atom is 0.333 e. The average Bonchev–Trinajstić information content (AvgIpc) is 2.70. The molecule has 124 valence electrons. The molecule has 5 atom stereocenters. The fraction of sp³-hybridized carbons (Fsp3) is 0.778. The van der Waals surface area contributed by atoms with Gasteiger partial charge in [-0.3, -0.25) is 4.79 Å². The van der Waals surface area contributed by atoms with E-state index in [1.165, 1.54) is 14.0 Å². The van der Waals surface area contributed by atoms with Gasteiger partial charge in [0.2, 0.25) is 0 Å². The third-order valence-corrected chi connectivity index (χ3v) is 5.91. The summed E-state index contributed by atoms with van der Waals surface area (Å²) in [5.41, 5.74) is 0.480. The van der Waals surface area contributed by atoms with Gasteiger partial charge in [-0.25, -0.2) is 4.79 Å². The molecule has 4 heteroatoms.